The standard InChI is InChI=1S/C17H16O/c1-13(15-9-5-4-6-10-15)14(2)16-11-7-8-12-17(16)18-3/h4-12H,1-2H2,3H3. The number of methoxy groups -OCH3 is 1. The fourth-order valence-electron chi connectivity index (χ4n) is 1.87. The van der Waals surface area contributed by atoms with E-state index >= 15 is 0 Å². The van der Waals surface area contributed by atoms with Crippen LogP contribution in [-0.2, 0) is 0 Å². The van der Waals surface area contributed by atoms with Crippen LogP contribution < -0.4 is 4.74 Å². The second-order valence-electron chi connectivity index (χ2n) is 4.02. The third kappa shape index (κ3) is 2.35. The molecule has 1 nitrogen and oxygen atoms in total. The van der Waals surface area contributed by atoms with E-state index < -0.39 is 0 Å². The number of hydrogen-bond donors (Lipinski definition) is 0. The molecule has 0 unspecified atom stereocenters. The van der Waals surface area contributed by atoms with Gasteiger partial charge in [0.25, 0.3) is 0 Å². The maximum absolute atomic E-state index is 5.35. The van der Waals surface area contributed by atoms with E-state index in [0.717, 1.165) is 28.0 Å². The van der Waals surface area contributed by atoms with Crippen molar-refractivity contribution in [2.45, 2.75) is 0 Å². The maximum Gasteiger partial charge on any atom is 0.126 e. The van der Waals surface area contributed by atoms with Crippen LogP contribution in [-0.4, -0.2) is 7.11 Å². The second kappa shape index (κ2) is 5.37. The molecule has 0 spiro atoms. The van der Waals surface area contributed by atoms with Crippen LogP contribution in [0.4, 0.5) is 0 Å². The van der Waals surface area contributed by atoms with Gasteiger partial charge in [-0.05, 0) is 22.8 Å². The first-order chi connectivity index (χ1) is 8.74. The minimum absolute atomic E-state index is 0.819. The van der Waals surface area contributed by atoms with E-state index in [-0.39, 0.29) is 0 Å². The zero-order valence-corrected chi connectivity index (χ0v) is 10.5. The highest BCUT2D eigenvalue weighted by Gasteiger charge is 2.09. The summed E-state index contributed by atoms with van der Waals surface area (Å²) in [5, 5.41) is 0. The Hall–Kier alpha value is -2.28. The van der Waals surface area contributed by atoms with E-state index in [2.05, 4.69) is 13.2 Å². The SMILES string of the molecule is C=C(C(=C)c1ccccc1OC)c1ccccc1. The Morgan fingerprint density at radius 3 is 2.11 bits per heavy atom. The number of ether oxygens (including phenoxy) is 1. The first kappa shape index (κ1) is 12.2. The predicted molar refractivity (Wildman–Crippen MR) is 77.5 cm³/mol. The van der Waals surface area contributed by atoms with Gasteiger partial charge in [0.15, 0.2) is 0 Å². The van der Waals surface area contributed by atoms with Crippen LogP contribution in [0.25, 0.3) is 11.1 Å². The highest BCUT2D eigenvalue weighted by Crippen LogP contribution is 2.33. The van der Waals surface area contributed by atoms with Gasteiger partial charge in [-0.2, -0.15) is 0 Å². The highest BCUT2D eigenvalue weighted by atomic mass is 16.5. The summed E-state index contributed by atoms with van der Waals surface area (Å²) in [4.78, 5) is 0. The van der Waals surface area contributed by atoms with Crippen molar-refractivity contribution in [1.29, 1.82) is 0 Å². The molecule has 2 aromatic carbocycles. The molecule has 0 atom stereocenters. The van der Waals surface area contributed by atoms with Gasteiger partial charge in [-0.3, -0.25) is 0 Å². The third-order valence-electron chi connectivity index (χ3n) is 2.92. The lowest BCUT2D eigenvalue weighted by atomic mass is 9.94. The molecule has 0 N–H and O–H groups in total. The van der Waals surface area contributed by atoms with Gasteiger partial charge in [0.2, 0.25) is 0 Å². The third-order valence-corrected chi connectivity index (χ3v) is 2.92. The van der Waals surface area contributed by atoms with E-state index in [9.17, 15) is 0 Å². The number of rotatable bonds is 4. The lowest BCUT2D eigenvalue weighted by Crippen LogP contribution is -1.92. The molecule has 1 heteroatoms. The van der Waals surface area contributed by atoms with Gasteiger partial charge in [-0.25, -0.2) is 0 Å². The van der Waals surface area contributed by atoms with E-state index in [0.29, 0.717) is 0 Å². The van der Waals surface area contributed by atoms with Crippen molar-refractivity contribution >= 4 is 11.1 Å². The Bertz CT molecular complexity index is 567. The average molecular weight is 236 g/mol. The summed E-state index contributed by atoms with van der Waals surface area (Å²) >= 11 is 0. The lowest BCUT2D eigenvalue weighted by molar-refractivity contribution is 0.413. The summed E-state index contributed by atoms with van der Waals surface area (Å²) < 4.78 is 5.35. The van der Waals surface area contributed by atoms with Crippen molar-refractivity contribution in [3.63, 3.8) is 0 Å². The molecule has 0 radical (unpaired) electrons. The van der Waals surface area contributed by atoms with Crippen molar-refractivity contribution in [2.24, 2.45) is 0 Å². The zero-order valence-electron chi connectivity index (χ0n) is 10.5. The molecule has 0 aliphatic heterocycles. The molecule has 0 bridgehead atoms. The van der Waals surface area contributed by atoms with Crippen molar-refractivity contribution < 1.29 is 4.74 Å². The Kier molecular flexibility index (Phi) is 3.63. The molecular formula is C17H16O. The number of para-hydroxylation sites is 1. The van der Waals surface area contributed by atoms with Gasteiger partial charge < -0.3 is 4.74 Å². The van der Waals surface area contributed by atoms with Crippen molar-refractivity contribution in [2.75, 3.05) is 7.11 Å². The molecule has 0 aliphatic rings. The first-order valence-corrected chi connectivity index (χ1v) is 5.81. The molecule has 0 heterocycles. The molecule has 90 valence electrons. The van der Waals surface area contributed by atoms with Crippen LogP contribution in [0.15, 0.2) is 67.8 Å². The first-order valence-electron chi connectivity index (χ1n) is 5.81. The maximum atomic E-state index is 5.35. The second-order valence-corrected chi connectivity index (χ2v) is 4.02. The van der Waals surface area contributed by atoms with Gasteiger partial charge in [-0.1, -0.05) is 61.7 Å². The van der Waals surface area contributed by atoms with E-state index in [1.807, 2.05) is 54.6 Å². The summed E-state index contributed by atoms with van der Waals surface area (Å²) in [6.07, 6.45) is 0. The van der Waals surface area contributed by atoms with Crippen LogP contribution in [0.2, 0.25) is 0 Å². The fraction of sp³-hybridized carbons (Fsp3) is 0.0588. The quantitative estimate of drug-likeness (QED) is 0.714. The minimum Gasteiger partial charge on any atom is -0.496 e. The molecule has 18 heavy (non-hydrogen) atoms. The highest BCUT2D eigenvalue weighted by molar-refractivity contribution is 6.04. The van der Waals surface area contributed by atoms with Gasteiger partial charge in [0, 0.05) is 5.56 Å². The van der Waals surface area contributed by atoms with Crippen LogP contribution in [0.5, 0.6) is 5.75 Å². The molecular weight excluding hydrogens is 220 g/mol. The summed E-state index contributed by atoms with van der Waals surface area (Å²) in [7, 11) is 1.66. The lowest BCUT2D eigenvalue weighted by Gasteiger charge is -2.13. The van der Waals surface area contributed by atoms with Crippen molar-refractivity contribution in [1.82, 2.24) is 0 Å². The summed E-state index contributed by atoms with van der Waals surface area (Å²) in [6, 6.07) is 17.9. The monoisotopic (exact) mass is 236 g/mol. The Morgan fingerprint density at radius 2 is 1.44 bits per heavy atom. The zero-order chi connectivity index (χ0) is 13.0. The number of hydrogen-bond acceptors (Lipinski definition) is 1. The molecule has 0 fully saturated rings. The van der Waals surface area contributed by atoms with Crippen LogP contribution in [0.1, 0.15) is 11.1 Å². The minimum atomic E-state index is 0.819. The molecule has 0 amide bonds. The number of benzene rings is 2. The van der Waals surface area contributed by atoms with E-state index in [1.165, 1.54) is 0 Å². The predicted octanol–water partition coefficient (Wildman–Crippen LogP) is 4.42. The van der Waals surface area contributed by atoms with Crippen LogP contribution >= 0.6 is 0 Å². The van der Waals surface area contributed by atoms with Crippen molar-refractivity contribution in [3.05, 3.63) is 78.9 Å². The Balaban J connectivity index is 2.35. The summed E-state index contributed by atoms with van der Waals surface area (Å²) in [5.74, 6) is 0.819. The summed E-state index contributed by atoms with van der Waals surface area (Å²) in [6.45, 7) is 8.25. The molecule has 2 aromatic rings. The van der Waals surface area contributed by atoms with Gasteiger partial charge in [-0.15, -0.1) is 0 Å². The molecule has 0 saturated carbocycles. The van der Waals surface area contributed by atoms with Gasteiger partial charge >= 0.3 is 0 Å². The number of allylic oxidation sites excluding steroid dienone is 2. The van der Waals surface area contributed by atoms with Crippen LogP contribution in [0, 0.1) is 0 Å². The fourth-order valence-corrected chi connectivity index (χ4v) is 1.87. The Labute approximate surface area is 108 Å². The topological polar surface area (TPSA) is 9.23 Å². The van der Waals surface area contributed by atoms with Gasteiger partial charge in [0.05, 0.1) is 7.11 Å². The smallest absolute Gasteiger partial charge is 0.126 e. The van der Waals surface area contributed by atoms with Crippen LogP contribution in [0.3, 0.4) is 0 Å². The average Bonchev–Trinajstić information content (AvgIpc) is 2.46. The van der Waals surface area contributed by atoms with E-state index in [4.69, 9.17) is 4.74 Å². The van der Waals surface area contributed by atoms with E-state index in [1.54, 1.807) is 7.11 Å². The largest absolute Gasteiger partial charge is 0.496 e. The normalized spacial score (nSPS) is 9.83. The van der Waals surface area contributed by atoms with Crippen molar-refractivity contribution in [3.8, 4) is 5.75 Å². The molecule has 0 saturated heterocycles. The van der Waals surface area contributed by atoms with Gasteiger partial charge in [0.1, 0.15) is 5.75 Å². The molecule has 0 aliphatic carbocycles. The molecule has 0 aromatic heterocycles. The Morgan fingerprint density at radius 1 is 0.833 bits per heavy atom. The molecule has 2 rings (SSSR count). The summed E-state index contributed by atoms with van der Waals surface area (Å²) in [5.41, 5.74) is 3.86.